The van der Waals surface area contributed by atoms with Gasteiger partial charge in [-0.1, -0.05) is 26.0 Å². The molecular formula is C18H29ClN2O2S. The van der Waals surface area contributed by atoms with Gasteiger partial charge in [0.2, 0.25) is 5.91 Å². The van der Waals surface area contributed by atoms with Gasteiger partial charge in [-0.3, -0.25) is 4.79 Å². The van der Waals surface area contributed by atoms with Gasteiger partial charge in [-0.05, 0) is 30.0 Å². The highest BCUT2D eigenvalue weighted by Gasteiger charge is 2.16. The minimum atomic E-state index is 0. The molecule has 1 atom stereocenters. The van der Waals surface area contributed by atoms with E-state index in [1.165, 1.54) is 5.56 Å². The monoisotopic (exact) mass is 372 g/mol. The lowest BCUT2D eigenvalue weighted by Gasteiger charge is -2.22. The van der Waals surface area contributed by atoms with Gasteiger partial charge in [0.05, 0.1) is 6.61 Å². The number of carbonyl (C=O) groups is 1. The number of halogens is 1. The molecule has 0 bridgehead atoms. The average Bonchev–Trinajstić information content (AvgIpc) is 2.55. The number of hydrogen-bond donors (Lipinski definition) is 2. The number of nitrogens with one attached hydrogen (secondary N) is 2. The third-order valence-electron chi connectivity index (χ3n) is 3.67. The summed E-state index contributed by atoms with van der Waals surface area (Å²) < 4.78 is 5.67. The standard InChI is InChI=1S/C18H28N2O2S.ClH/c1-14(2)12-22-17-5-3-15(4-6-17)7-8-20-18(21)11-16-13-23-10-9-19-16;/h3-6,14,16,19H,7-13H2,1-2H3,(H,20,21);1H. The van der Waals surface area contributed by atoms with Crippen LogP contribution < -0.4 is 15.4 Å². The van der Waals surface area contributed by atoms with Gasteiger partial charge in [-0.15, -0.1) is 12.4 Å². The van der Waals surface area contributed by atoms with Gasteiger partial charge < -0.3 is 15.4 Å². The smallest absolute Gasteiger partial charge is 0.221 e. The van der Waals surface area contributed by atoms with E-state index in [0.29, 0.717) is 24.9 Å². The van der Waals surface area contributed by atoms with E-state index in [4.69, 9.17) is 4.74 Å². The van der Waals surface area contributed by atoms with Crippen molar-refractivity contribution in [3.8, 4) is 5.75 Å². The average molecular weight is 373 g/mol. The van der Waals surface area contributed by atoms with Crippen molar-refractivity contribution in [3.05, 3.63) is 29.8 Å². The van der Waals surface area contributed by atoms with Crippen LogP contribution in [-0.2, 0) is 11.2 Å². The second-order valence-electron chi connectivity index (χ2n) is 6.38. The van der Waals surface area contributed by atoms with Crippen LogP contribution in [0.5, 0.6) is 5.75 Å². The molecule has 0 spiro atoms. The minimum Gasteiger partial charge on any atom is -0.493 e. The van der Waals surface area contributed by atoms with E-state index in [1.54, 1.807) is 0 Å². The maximum atomic E-state index is 11.9. The first kappa shape index (κ1) is 21.1. The normalized spacial score (nSPS) is 17.2. The number of thioether (sulfide) groups is 1. The molecule has 0 aliphatic carbocycles. The summed E-state index contributed by atoms with van der Waals surface area (Å²) in [7, 11) is 0. The molecule has 1 amide bonds. The molecule has 1 fully saturated rings. The molecule has 0 aromatic heterocycles. The van der Waals surface area contributed by atoms with Crippen LogP contribution in [0, 0.1) is 5.92 Å². The van der Waals surface area contributed by atoms with E-state index in [2.05, 4.69) is 36.6 Å². The molecule has 1 aromatic carbocycles. The van der Waals surface area contributed by atoms with Crippen LogP contribution in [0.25, 0.3) is 0 Å². The maximum Gasteiger partial charge on any atom is 0.221 e. The Morgan fingerprint density at radius 2 is 2.12 bits per heavy atom. The molecular weight excluding hydrogens is 344 g/mol. The van der Waals surface area contributed by atoms with Crippen molar-refractivity contribution in [1.29, 1.82) is 0 Å². The molecule has 0 radical (unpaired) electrons. The summed E-state index contributed by atoms with van der Waals surface area (Å²) in [6.45, 7) is 6.71. The Bertz CT molecular complexity index is 476. The van der Waals surface area contributed by atoms with Crippen molar-refractivity contribution in [2.75, 3.05) is 31.2 Å². The maximum absolute atomic E-state index is 11.9. The van der Waals surface area contributed by atoms with E-state index < -0.39 is 0 Å². The van der Waals surface area contributed by atoms with Crippen LogP contribution in [0.2, 0.25) is 0 Å². The van der Waals surface area contributed by atoms with Crippen molar-refractivity contribution in [2.45, 2.75) is 32.7 Å². The Kier molecular flexibility index (Phi) is 10.2. The van der Waals surface area contributed by atoms with E-state index in [9.17, 15) is 4.79 Å². The molecule has 1 aliphatic heterocycles. The van der Waals surface area contributed by atoms with Crippen LogP contribution in [0.4, 0.5) is 0 Å². The Hall–Kier alpha value is -0.910. The van der Waals surface area contributed by atoms with Crippen LogP contribution in [0.3, 0.4) is 0 Å². The van der Waals surface area contributed by atoms with Crippen molar-refractivity contribution in [1.82, 2.24) is 10.6 Å². The Balaban J connectivity index is 0.00000288. The lowest BCUT2D eigenvalue weighted by atomic mass is 10.1. The summed E-state index contributed by atoms with van der Waals surface area (Å²) in [5.41, 5.74) is 1.22. The fraction of sp³-hybridized carbons (Fsp3) is 0.611. The zero-order chi connectivity index (χ0) is 16.5. The van der Waals surface area contributed by atoms with Gasteiger partial charge in [0, 0.05) is 37.1 Å². The third-order valence-corrected chi connectivity index (χ3v) is 4.80. The quantitative estimate of drug-likeness (QED) is 0.736. The highest BCUT2D eigenvalue weighted by molar-refractivity contribution is 7.99. The summed E-state index contributed by atoms with van der Waals surface area (Å²) in [4.78, 5) is 11.9. The fourth-order valence-corrected chi connectivity index (χ4v) is 3.36. The number of amides is 1. The first-order chi connectivity index (χ1) is 11.1. The largest absolute Gasteiger partial charge is 0.493 e. The molecule has 1 heterocycles. The van der Waals surface area contributed by atoms with E-state index >= 15 is 0 Å². The molecule has 1 unspecified atom stereocenters. The molecule has 1 aliphatic rings. The second-order valence-corrected chi connectivity index (χ2v) is 7.53. The van der Waals surface area contributed by atoms with Gasteiger partial charge in [-0.2, -0.15) is 11.8 Å². The number of benzene rings is 1. The second kappa shape index (κ2) is 11.6. The highest BCUT2D eigenvalue weighted by Crippen LogP contribution is 2.13. The van der Waals surface area contributed by atoms with Crippen LogP contribution in [0.15, 0.2) is 24.3 Å². The first-order valence-electron chi connectivity index (χ1n) is 8.43. The first-order valence-corrected chi connectivity index (χ1v) is 9.58. The van der Waals surface area contributed by atoms with Gasteiger partial charge in [-0.25, -0.2) is 0 Å². The SMILES string of the molecule is CC(C)COc1ccc(CCNC(=O)CC2CSCCN2)cc1.Cl. The van der Waals surface area contributed by atoms with Crippen molar-refractivity contribution in [3.63, 3.8) is 0 Å². The van der Waals surface area contributed by atoms with Gasteiger partial charge in [0.1, 0.15) is 5.75 Å². The summed E-state index contributed by atoms with van der Waals surface area (Å²) >= 11 is 1.92. The van der Waals surface area contributed by atoms with E-state index in [0.717, 1.165) is 36.8 Å². The lowest BCUT2D eigenvalue weighted by Crippen LogP contribution is -2.41. The topological polar surface area (TPSA) is 50.4 Å². The van der Waals surface area contributed by atoms with Crippen molar-refractivity contribution in [2.24, 2.45) is 5.92 Å². The summed E-state index contributed by atoms with van der Waals surface area (Å²) in [6, 6.07) is 8.47. The molecule has 4 nitrogen and oxygen atoms in total. The molecule has 6 heteroatoms. The molecule has 136 valence electrons. The van der Waals surface area contributed by atoms with Crippen LogP contribution in [0.1, 0.15) is 25.8 Å². The molecule has 2 rings (SSSR count). The summed E-state index contributed by atoms with van der Waals surface area (Å²) in [5, 5.41) is 6.40. The van der Waals surface area contributed by atoms with Gasteiger partial charge >= 0.3 is 0 Å². The molecule has 24 heavy (non-hydrogen) atoms. The lowest BCUT2D eigenvalue weighted by molar-refractivity contribution is -0.121. The number of ether oxygens (including phenoxy) is 1. The van der Waals surface area contributed by atoms with Crippen LogP contribution >= 0.6 is 24.2 Å². The predicted molar refractivity (Wildman–Crippen MR) is 104 cm³/mol. The predicted octanol–water partition coefficient (Wildman–Crippen LogP) is 2.90. The fourth-order valence-electron chi connectivity index (χ4n) is 2.41. The number of rotatable bonds is 8. The van der Waals surface area contributed by atoms with Crippen molar-refractivity contribution < 1.29 is 9.53 Å². The number of hydrogen-bond acceptors (Lipinski definition) is 4. The number of carbonyl (C=O) groups excluding carboxylic acids is 1. The van der Waals surface area contributed by atoms with Gasteiger partial charge in [0.25, 0.3) is 0 Å². The molecule has 1 aromatic rings. The van der Waals surface area contributed by atoms with Crippen molar-refractivity contribution >= 4 is 30.1 Å². The summed E-state index contributed by atoms with van der Waals surface area (Å²) in [6.07, 6.45) is 1.43. The third kappa shape index (κ3) is 8.27. The zero-order valence-corrected chi connectivity index (χ0v) is 16.2. The molecule has 2 N–H and O–H groups in total. The molecule has 0 saturated carbocycles. The Labute approximate surface area is 155 Å². The highest BCUT2D eigenvalue weighted by atomic mass is 35.5. The molecule has 1 saturated heterocycles. The Morgan fingerprint density at radius 1 is 1.38 bits per heavy atom. The van der Waals surface area contributed by atoms with E-state index in [-0.39, 0.29) is 18.3 Å². The Morgan fingerprint density at radius 3 is 2.75 bits per heavy atom. The van der Waals surface area contributed by atoms with Crippen LogP contribution in [-0.4, -0.2) is 43.2 Å². The minimum absolute atomic E-state index is 0. The van der Waals surface area contributed by atoms with E-state index in [1.807, 2.05) is 23.9 Å². The zero-order valence-electron chi connectivity index (χ0n) is 14.5. The summed E-state index contributed by atoms with van der Waals surface area (Å²) in [5.74, 6) is 3.76. The van der Waals surface area contributed by atoms with Gasteiger partial charge in [0.15, 0.2) is 0 Å².